The van der Waals surface area contributed by atoms with Crippen LogP contribution in [0.25, 0.3) is 0 Å². The van der Waals surface area contributed by atoms with Gasteiger partial charge in [0, 0.05) is 12.8 Å². The van der Waals surface area contributed by atoms with E-state index in [0.29, 0.717) is 19.4 Å². The van der Waals surface area contributed by atoms with E-state index in [1.54, 1.807) is 6.08 Å². The Kier molecular flexibility index (Phi) is 58.5. The third kappa shape index (κ3) is 55.7. The van der Waals surface area contributed by atoms with Gasteiger partial charge in [0.25, 0.3) is 0 Å². The van der Waals surface area contributed by atoms with Gasteiger partial charge in [-0.2, -0.15) is 0 Å². The molecule has 0 heterocycles. The minimum atomic E-state index is -0.844. The monoisotopic (exact) mass is 986 g/mol. The normalized spacial score (nSPS) is 12.7. The number of unbranched alkanes of at least 4 members (excludes halogenated alkanes) is 46. The number of rotatable bonds is 59. The molecular formula is C64H123NO5. The number of hydrogen-bond acceptors (Lipinski definition) is 5. The Morgan fingerprint density at radius 3 is 1.06 bits per heavy atom. The maximum absolute atomic E-state index is 12.5. The highest BCUT2D eigenvalue weighted by molar-refractivity contribution is 5.76. The SMILES string of the molecule is CCCC/C=C\CCCCCCCC(=O)OCCCCCCCCCCCCCCCCCCCCCCCCCCC(=O)NC(CO)C(O)/C=C/CCCCCCCCCCCCCCCCCC. The lowest BCUT2D eigenvalue weighted by molar-refractivity contribution is -0.143. The summed E-state index contributed by atoms with van der Waals surface area (Å²) in [5, 5.41) is 23.2. The molecule has 0 aliphatic heterocycles. The lowest BCUT2D eigenvalue weighted by atomic mass is 10.0. The summed E-state index contributed by atoms with van der Waals surface area (Å²) < 4.78 is 5.46. The summed E-state index contributed by atoms with van der Waals surface area (Å²) in [5.74, 6) is -0.0600. The number of carbonyl (C=O) groups is 2. The van der Waals surface area contributed by atoms with Crippen LogP contribution < -0.4 is 5.32 Å². The number of ether oxygens (including phenoxy) is 1. The lowest BCUT2D eigenvalue weighted by Crippen LogP contribution is -2.45. The van der Waals surface area contributed by atoms with Crippen LogP contribution >= 0.6 is 0 Å². The molecule has 0 rings (SSSR count). The molecule has 0 aromatic carbocycles. The number of aliphatic hydroxyl groups excluding tert-OH is 2. The van der Waals surface area contributed by atoms with Crippen LogP contribution in [-0.2, 0) is 14.3 Å². The van der Waals surface area contributed by atoms with E-state index in [4.69, 9.17) is 4.74 Å². The predicted molar refractivity (Wildman–Crippen MR) is 306 cm³/mol. The fourth-order valence-corrected chi connectivity index (χ4v) is 9.85. The molecule has 0 aromatic rings. The molecular weight excluding hydrogens is 863 g/mol. The first-order valence-corrected chi connectivity index (χ1v) is 31.6. The van der Waals surface area contributed by atoms with E-state index in [1.807, 2.05) is 6.08 Å². The quantitative estimate of drug-likeness (QED) is 0.0321. The van der Waals surface area contributed by atoms with E-state index in [2.05, 4.69) is 31.3 Å². The molecule has 1 amide bonds. The van der Waals surface area contributed by atoms with Crippen LogP contribution in [0, 0.1) is 0 Å². The molecule has 6 nitrogen and oxygen atoms in total. The van der Waals surface area contributed by atoms with Crippen molar-refractivity contribution in [2.45, 2.75) is 360 Å². The summed E-state index contributed by atoms with van der Waals surface area (Å²) >= 11 is 0. The van der Waals surface area contributed by atoms with E-state index in [9.17, 15) is 19.8 Å². The summed E-state index contributed by atoms with van der Waals surface area (Å²) in [4.78, 5) is 24.5. The average molecular weight is 987 g/mol. The Balaban J connectivity index is 3.40. The van der Waals surface area contributed by atoms with Gasteiger partial charge in [0.05, 0.1) is 25.4 Å². The zero-order valence-electron chi connectivity index (χ0n) is 47.3. The zero-order valence-corrected chi connectivity index (χ0v) is 47.3. The van der Waals surface area contributed by atoms with Crippen LogP contribution in [0.1, 0.15) is 348 Å². The van der Waals surface area contributed by atoms with Crippen molar-refractivity contribution in [3.63, 3.8) is 0 Å². The number of esters is 1. The molecule has 0 bridgehead atoms. The lowest BCUT2D eigenvalue weighted by Gasteiger charge is -2.20. The van der Waals surface area contributed by atoms with Crippen molar-refractivity contribution in [2.75, 3.05) is 13.2 Å². The highest BCUT2D eigenvalue weighted by Gasteiger charge is 2.18. The summed E-state index contributed by atoms with van der Waals surface area (Å²) in [6.07, 6.45) is 73.7. The van der Waals surface area contributed by atoms with Crippen molar-refractivity contribution in [1.29, 1.82) is 0 Å². The molecule has 2 unspecified atom stereocenters. The van der Waals surface area contributed by atoms with Gasteiger partial charge in [-0.25, -0.2) is 0 Å². The predicted octanol–water partition coefficient (Wildman–Crippen LogP) is 19.8. The van der Waals surface area contributed by atoms with Gasteiger partial charge in [-0.05, 0) is 51.4 Å². The fraction of sp³-hybridized carbons (Fsp3) is 0.906. The number of carbonyl (C=O) groups excluding carboxylic acids is 2. The van der Waals surface area contributed by atoms with Crippen molar-refractivity contribution in [3.05, 3.63) is 24.3 Å². The van der Waals surface area contributed by atoms with E-state index >= 15 is 0 Å². The molecule has 0 spiro atoms. The second kappa shape index (κ2) is 59.9. The van der Waals surface area contributed by atoms with Crippen molar-refractivity contribution in [3.8, 4) is 0 Å². The van der Waals surface area contributed by atoms with E-state index in [0.717, 1.165) is 44.9 Å². The maximum atomic E-state index is 12.5. The third-order valence-electron chi connectivity index (χ3n) is 14.7. The van der Waals surface area contributed by atoms with Gasteiger partial charge in [0.15, 0.2) is 0 Å². The van der Waals surface area contributed by atoms with Gasteiger partial charge in [0.2, 0.25) is 5.91 Å². The Morgan fingerprint density at radius 1 is 0.386 bits per heavy atom. The van der Waals surface area contributed by atoms with Gasteiger partial charge in [-0.3, -0.25) is 9.59 Å². The molecule has 2 atom stereocenters. The van der Waals surface area contributed by atoms with Crippen LogP contribution in [0.3, 0.4) is 0 Å². The summed E-state index contributed by atoms with van der Waals surface area (Å²) in [6, 6.07) is -0.627. The zero-order chi connectivity index (χ0) is 50.7. The summed E-state index contributed by atoms with van der Waals surface area (Å²) in [5.41, 5.74) is 0. The second-order valence-electron chi connectivity index (χ2n) is 21.7. The van der Waals surface area contributed by atoms with Crippen LogP contribution in [0.15, 0.2) is 24.3 Å². The molecule has 0 saturated carbocycles. The number of amides is 1. The van der Waals surface area contributed by atoms with Gasteiger partial charge in [-0.15, -0.1) is 0 Å². The first kappa shape index (κ1) is 68.3. The van der Waals surface area contributed by atoms with Crippen molar-refractivity contribution in [2.24, 2.45) is 0 Å². The maximum Gasteiger partial charge on any atom is 0.305 e. The first-order valence-electron chi connectivity index (χ1n) is 31.6. The third-order valence-corrected chi connectivity index (χ3v) is 14.7. The van der Waals surface area contributed by atoms with Crippen molar-refractivity contribution < 1.29 is 24.5 Å². The molecule has 414 valence electrons. The Morgan fingerprint density at radius 2 is 0.686 bits per heavy atom. The topological polar surface area (TPSA) is 95.9 Å². The Bertz CT molecular complexity index is 1090. The highest BCUT2D eigenvalue weighted by atomic mass is 16.5. The standard InChI is InChI=1S/C64H123NO5/c1-3-5-7-9-11-13-15-16-17-18-27-30-33-37-40-44-48-52-56-62(67)61(60-66)65-63(68)57-53-49-45-41-38-34-31-28-25-23-21-19-20-22-24-26-29-32-35-39-43-47-51-55-59-70-64(69)58-54-50-46-42-36-14-12-10-8-6-4-2/h10,12,52,56,61-62,66-67H,3-9,11,13-51,53-55,57-60H2,1-2H3,(H,65,68)/b12-10-,56-52+. The number of allylic oxidation sites excluding steroid dienone is 3. The van der Waals surface area contributed by atoms with Crippen LogP contribution in [0.5, 0.6) is 0 Å². The summed E-state index contributed by atoms with van der Waals surface area (Å²) in [7, 11) is 0. The highest BCUT2D eigenvalue weighted by Crippen LogP contribution is 2.18. The number of nitrogens with one attached hydrogen (secondary N) is 1. The second-order valence-corrected chi connectivity index (χ2v) is 21.7. The Hall–Kier alpha value is -1.66. The van der Waals surface area contributed by atoms with Crippen molar-refractivity contribution >= 4 is 11.9 Å². The minimum Gasteiger partial charge on any atom is -0.466 e. The van der Waals surface area contributed by atoms with E-state index < -0.39 is 12.1 Å². The molecule has 0 saturated heterocycles. The van der Waals surface area contributed by atoms with Crippen LogP contribution in [0.4, 0.5) is 0 Å². The Labute approximate surface area is 437 Å². The molecule has 70 heavy (non-hydrogen) atoms. The van der Waals surface area contributed by atoms with E-state index in [1.165, 1.54) is 276 Å². The largest absolute Gasteiger partial charge is 0.466 e. The van der Waals surface area contributed by atoms with Gasteiger partial charge in [0.1, 0.15) is 0 Å². The molecule has 0 fully saturated rings. The van der Waals surface area contributed by atoms with E-state index in [-0.39, 0.29) is 18.5 Å². The summed E-state index contributed by atoms with van der Waals surface area (Å²) in [6.45, 7) is 4.89. The van der Waals surface area contributed by atoms with Gasteiger partial charge in [-0.1, -0.05) is 308 Å². The number of hydrogen-bond donors (Lipinski definition) is 3. The van der Waals surface area contributed by atoms with Crippen LogP contribution in [0.2, 0.25) is 0 Å². The number of aliphatic hydroxyl groups is 2. The fourth-order valence-electron chi connectivity index (χ4n) is 9.85. The molecule has 0 aliphatic rings. The van der Waals surface area contributed by atoms with Gasteiger partial charge >= 0.3 is 5.97 Å². The van der Waals surface area contributed by atoms with Crippen molar-refractivity contribution in [1.82, 2.24) is 5.32 Å². The molecule has 3 N–H and O–H groups in total. The molecule has 0 aliphatic carbocycles. The minimum absolute atomic E-state index is 0.00415. The first-order chi connectivity index (χ1) is 34.5. The molecule has 0 radical (unpaired) electrons. The molecule has 6 heteroatoms. The molecule has 0 aromatic heterocycles. The average Bonchev–Trinajstić information content (AvgIpc) is 3.36. The smallest absolute Gasteiger partial charge is 0.305 e. The van der Waals surface area contributed by atoms with Crippen LogP contribution in [-0.4, -0.2) is 47.4 Å². The van der Waals surface area contributed by atoms with Gasteiger partial charge < -0.3 is 20.3 Å².